The molecule has 0 aliphatic carbocycles. The van der Waals surface area contributed by atoms with Gasteiger partial charge >= 0.3 is 0 Å². The van der Waals surface area contributed by atoms with E-state index in [0.29, 0.717) is 19.4 Å². The fourth-order valence-corrected chi connectivity index (χ4v) is 2.89. The number of rotatable bonds is 17. The third-order valence-electron chi connectivity index (χ3n) is 4.76. The van der Waals surface area contributed by atoms with Crippen molar-refractivity contribution in [1.29, 1.82) is 0 Å². The topological polar surface area (TPSA) is 116 Å². The molecule has 4 N–H and O–H groups in total. The van der Waals surface area contributed by atoms with Gasteiger partial charge in [0.25, 0.3) is 0 Å². The highest BCUT2D eigenvalue weighted by Gasteiger charge is 2.17. The van der Waals surface area contributed by atoms with Crippen LogP contribution in [0.3, 0.4) is 0 Å². The molecule has 0 saturated heterocycles. The Morgan fingerprint density at radius 2 is 1.45 bits per heavy atom. The van der Waals surface area contributed by atoms with E-state index in [1.54, 1.807) is 7.11 Å². The first-order valence-corrected chi connectivity index (χ1v) is 11.2. The van der Waals surface area contributed by atoms with Crippen LogP contribution >= 0.6 is 0 Å². The summed E-state index contributed by atoms with van der Waals surface area (Å²) in [6, 6.07) is 0. The summed E-state index contributed by atoms with van der Waals surface area (Å²) < 4.78 is 4.95. The summed E-state index contributed by atoms with van der Waals surface area (Å²) in [5, 5.41) is 0. The molecule has 0 aromatic rings. The number of hydrogen-bond acceptors (Lipinski definition) is 4. The van der Waals surface area contributed by atoms with Crippen LogP contribution in [0.4, 0.5) is 0 Å². The van der Waals surface area contributed by atoms with E-state index in [1.807, 2.05) is 11.8 Å². The minimum Gasteiger partial charge on any atom is -0.383 e. The van der Waals surface area contributed by atoms with Crippen LogP contribution < -0.4 is 11.5 Å². The maximum atomic E-state index is 11.4. The maximum Gasteiger partial charge on any atom is 0.222 e. The predicted molar refractivity (Wildman–Crippen MR) is 118 cm³/mol. The van der Waals surface area contributed by atoms with Crippen LogP contribution in [-0.4, -0.2) is 49.4 Å². The van der Waals surface area contributed by atoms with Crippen LogP contribution in [0.5, 0.6) is 0 Å². The molecule has 1 unspecified atom stereocenters. The van der Waals surface area contributed by atoms with Crippen molar-refractivity contribution in [3.05, 3.63) is 0 Å². The molecular formula is C22H45N3O4. The van der Waals surface area contributed by atoms with Crippen molar-refractivity contribution in [2.24, 2.45) is 17.4 Å². The van der Waals surface area contributed by atoms with Crippen LogP contribution in [0.25, 0.3) is 0 Å². The smallest absolute Gasteiger partial charge is 0.222 e. The van der Waals surface area contributed by atoms with Crippen molar-refractivity contribution in [1.82, 2.24) is 4.90 Å². The zero-order valence-corrected chi connectivity index (χ0v) is 19.2. The minimum atomic E-state index is -0.449. The first-order chi connectivity index (χ1) is 13.8. The number of unbranched alkanes of at least 4 members (excludes halogenated alkanes) is 6. The minimum absolute atomic E-state index is 0.0876. The Morgan fingerprint density at radius 3 is 1.93 bits per heavy atom. The number of amides is 3. The fourth-order valence-electron chi connectivity index (χ4n) is 2.89. The van der Waals surface area contributed by atoms with E-state index in [-0.39, 0.29) is 18.2 Å². The molecule has 7 nitrogen and oxygen atoms in total. The number of ether oxygens (including phenoxy) is 1. The van der Waals surface area contributed by atoms with Gasteiger partial charge in [0, 0.05) is 39.0 Å². The van der Waals surface area contributed by atoms with Gasteiger partial charge in [-0.3, -0.25) is 14.4 Å². The molecule has 1 atom stereocenters. The fraction of sp³-hybridized carbons (Fsp3) is 0.864. The van der Waals surface area contributed by atoms with E-state index in [4.69, 9.17) is 16.2 Å². The maximum absolute atomic E-state index is 11.4. The van der Waals surface area contributed by atoms with Crippen LogP contribution in [0, 0.1) is 5.92 Å². The number of carbonyl (C=O) groups excluding carboxylic acids is 3. The normalized spacial score (nSPS) is 11.3. The third kappa shape index (κ3) is 19.5. The Morgan fingerprint density at radius 1 is 0.862 bits per heavy atom. The molecule has 172 valence electrons. The Labute approximate surface area is 177 Å². The summed E-state index contributed by atoms with van der Waals surface area (Å²) >= 11 is 0. The molecule has 0 bridgehead atoms. The van der Waals surface area contributed by atoms with E-state index in [0.717, 1.165) is 38.8 Å². The summed E-state index contributed by atoms with van der Waals surface area (Å²) in [5.41, 5.74) is 10.3. The van der Waals surface area contributed by atoms with Gasteiger partial charge in [-0.2, -0.15) is 0 Å². The van der Waals surface area contributed by atoms with E-state index >= 15 is 0 Å². The summed E-state index contributed by atoms with van der Waals surface area (Å²) in [7, 11) is 1.66. The highest BCUT2D eigenvalue weighted by atomic mass is 16.5. The molecule has 0 aliphatic rings. The summed E-state index contributed by atoms with van der Waals surface area (Å²) in [6.07, 6.45) is 10.5. The molecule has 0 spiro atoms. The zero-order valence-electron chi connectivity index (χ0n) is 19.2. The number of carbonyl (C=O) groups is 3. The lowest BCUT2D eigenvalue weighted by Crippen LogP contribution is -2.34. The molecule has 3 amide bonds. The monoisotopic (exact) mass is 415 g/mol. The molecule has 7 heteroatoms. The van der Waals surface area contributed by atoms with Gasteiger partial charge in [0.2, 0.25) is 17.7 Å². The number of methoxy groups -OCH3 is 1. The molecule has 0 aromatic heterocycles. The Bertz CT molecular complexity index is 422. The van der Waals surface area contributed by atoms with Crippen molar-refractivity contribution in [2.45, 2.75) is 91.4 Å². The largest absolute Gasteiger partial charge is 0.383 e. The molecule has 0 saturated carbocycles. The molecule has 29 heavy (non-hydrogen) atoms. The van der Waals surface area contributed by atoms with Crippen LogP contribution in [0.2, 0.25) is 0 Å². The lowest BCUT2D eigenvalue weighted by atomic mass is 9.96. The number of nitrogens with zero attached hydrogens (tertiary/aromatic N) is 1. The van der Waals surface area contributed by atoms with Gasteiger partial charge in [0.15, 0.2) is 0 Å². The second-order valence-electron chi connectivity index (χ2n) is 7.41. The van der Waals surface area contributed by atoms with Gasteiger partial charge in [-0.05, 0) is 12.8 Å². The van der Waals surface area contributed by atoms with Gasteiger partial charge < -0.3 is 21.1 Å². The Hall–Kier alpha value is -1.63. The van der Waals surface area contributed by atoms with E-state index in [1.165, 1.54) is 25.7 Å². The van der Waals surface area contributed by atoms with Crippen molar-refractivity contribution in [3.63, 3.8) is 0 Å². The van der Waals surface area contributed by atoms with Gasteiger partial charge in [0.05, 0.1) is 6.61 Å². The highest BCUT2D eigenvalue weighted by molar-refractivity contribution is 5.83. The molecule has 0 heterocycles. The first kappa shape index (κ1) is 29.6. The SMILES string of the molecule is CCCCCCCCC(CC(N)=O)C(N)=O.CCCCN(CCOC)C(=O)CC. The van der Waals surface area contributed by atoms with Crippen molar-refractivity contribution >= 4 is 17.7 Å². The standard InChI is InChI=1S/C12H24N2O2.C10H21NO2/c1-2-3-4-5-6-7-8-10(12(14)16)9-11(13)15;1-4-6-7-11(8-9-13-3)10(12)5-2/h10H,2-9H2,1H3,(H2,13,15)(H2,14,16);4-9H2,1-3H3. The van der Waals surface area contributed by atoms with Gasteiger partial charge in [-0.25, -0.2) is 0 Å². The second-order valence-corrected chi connectivity index (χ2v) is 7.41. The van der Waals surface area contributed by atoms with Gasteiger partial charge in [-0.15, -0.1) is 0 Å². The van der Waals surface area contributed by atoms with E-state index < -0.39 is 11.8 Å². The summed E-state index contributed by atoms with van der Waals surface area (Å²) in [4.78, 5) is 35.0. The number of nitrogens with two attached hydrogens (primary N) is 2. The quantitative estimate of drug-likeness (QED) is 0.354. The predicted octanol–water partition coefficient (Wildman–Crippen LogP) is 3.39. The van der Waals surface area contributed by atoms with Crippen molar-refractivity contribution in [2.75, 3.05) is 26.8 Å². The molecule has 0 rings (SSSR count). The molecular weight excluding hydrogens is 370 g/mol. The average Bonchev–Trinajstić information content (AvgIpc) is 2.69. The third-order valence-corrected chi connectivity index (χ3v) is 4.76. The van der Waals surface area contributed by atoms with Crippen LogP contribution in [0.1, 0.15) is 91.4 Å². The second kappa shape index (κ2) is 21.1. The Balaban J connectivity index is 0. The molecule has 0 fully saturated rings. The summed E-state index contributed by atoms with van der Waals surface area (Å²) in [5.74, 6) is -1.00. The lowest BCUT2D eigenvalue weighted by Gasteiger charge is -2.21. The van der Waals surface area contributed by atoms with Gasteiger partial charge in [-0.1, -0.05) is 65.7 Å². The number of hydrogen-bond donors (Lipinski definition) is 2. The van der Waals surface area contributed by atoms with E-state index in [9.17, 15) is 14.4 Å². The average molecular weight is 416 g/mol. The molecule has 0 aromatic carbocycles. The zero-order chi connectivity index (χ0) is 22.5. The van der Waals surface area contributed by atoms with Gasteiger partial charge in [0.1, 0.15) is 0 Å². The van der Waals surface area contributed by atoms with Crippen molar-refractivity contribution in [3.8, 4) is 0 Å². The lowest BCUT2D eigenvalue weighted by molar-refractivity contribution is -0.131. The van der Waals surface area contributed by atoms with Crippen LogP contribution in [0.15, 0.2) is 0 Å². The Kier molecular flexibility index (Phi) is 21.5. The number of primary amides is 2. The van der Waals surface area contributed by atoms with Crippen LogP contribution in [-0.2, 0) is 19.1 Å². The summed E-state index contributed by atoms with van der Waals surface area (Å²) in [6.45, 7) is 8.43. The molecule has 0 aliphatic heterocycles. The van der Waals surface area contributed by atoms with Crippen molar-refractivity contribution < 1.29 is 19.1 Å². The first-order valence-electron chi connectivity index (χ1n) is 11.2. The molecule has 0 radical (unpaired) electrons. The highest BCUT2D eigenvalue weighted by Crippen LogP contribution is 2.14. The van der Waals surface area contributed by atoms with E-state index in [2.05, 4.69) is 13.8 Å².